The summed E-state index contributed by atoms with van der Waals surface area (Å²) in [5.41, 5.74) is -1.54. The molecule has 0 unspecified atom stereocenters. The van der Waals surface area contributed by atoms with Gasteiger partial charge in [0.2, 0.25) is 0 Å². The molecule has 0 aromatic carbocycles. The molecule has 0 saturated heterocycles. The summed E-state index contributed by atoms with van der Waals surface area (Å²) in [7, 11) is 0. The summed E-state index contributed by atoms with van der Waals surface area (Å²) < 4.78 is 0. The van der Waals surface area contributed by atoms with Gasteiger partial charge in [-0.25, -0.2) is 0 Å². The third-order valence-electron chi connectivity index (χ3n) is 3.63. The first kappa shape index (κ1) is 19.8. The number of hydrogen-bond acceptors (Lipinski definition) is 3. The zero-order chi connectivity index (χ0) is 16.2. The summed E-state index contributed by atoms with van der Waals surface area (Å²) in [6.45, 7) is 16.1. The Bertz CT molecular complexity index is 284. The Balaban J connectivity index is 4.12. The quantitative estimate of drug-likeness (QED) is 0.341. The van der Waals surface area contributed by atoms with Gasteiger partial charge in [-0.15, -0.1) is 26.3 Å². The largest absolute Gasteiger partial charge is 0.389 e. The van der Waals surface area contributed by atoms with Gasteiger partial charge in [0.05, 0.1) is 11.2 Å². The third-order valence-corrected chi connectivity index (χ3v) is 3.63. The maximum atomic E-state index is 10.4. The minimum absolute atomic E-state index is 0.553. The van der Waals surface area contributed by atoms with Gasteiger partial charge >= 0.3 is 0 Å². The highest BCUT2D eigenvalue weighted by molar-refractivity contribution is 4.93. The molecule has 0 aromatic rings. The van der Waals surface area contributed by atoms with Crippen molar-refractivity contribution in [3.05, 3.63) is 50.6 Å². The summed E-state index contributed by atoms with van der Waals surface area (Å²) in [6, 6.07) is 0. The first-order valence-corrected chi connectivity index (χ1v) is 7.54. The van der Waals surface area contributed by atoms with Crippen molar-refractivity contribution in [1.82, 2.24) is 5.32 Å². The van der Waals surface area contributed by atoms with Gasteiger partial charge < -0.3 is 15.5 Å². The van der Waals surface area contributed by atoms with Crippen LogP contribution in [-0.4, -0.2) is 34.5 Å². The van der Waals surface area contributed by atoms with E-state index in [-0.39, 0.29) is 0 Å². The van der Waals surface area contributed by atoms with Crippen LogP contribution in [0.4, 0.5) is 0 Å². The molecule has 3 heteroatoms. The minimum Gasteiger partial charge on any atom is -0.389 e. The van der Waals surface area contributed by atoms with Crippen LogP contribution in [0.1, 0.15) is 38.5 Å². The fourth-order valence-corrected chi connectivity index (χ4v) is 2.42. The molecule has 0 aliphatic carbocycles. The average molecular weight is 293 g/mol. The Morgan fingerprint density at radius 3 is 1.19 bits per heavy atom. The number of aliphatic hydroxyl groups is 2. The molecule has 0 aliphatic rings. The maximum Gasteiger partial charge on any atom is 0.0728 e. The molecule has 0 aliphatic heterocycles. The molecule has 0 radical (unpaired) electrons. The van der Waals surface area contributed by atoms with Crippen LogP contribution in [0.2, 0.25) is 0 Å². The van der Waals surface area contributed by atoms with Crippen LogP contribution in [0.15, 0.2) is 50.6 Å². The zero-order valence-electron chi connectivity index (χ0n) is 13.2. The molecule has 120 valence electrons. The molecule has 0 aromatic heterocycles. The van der Waals surface area contributed by atoms with Gasteiger partial charge in [-0.1, -0.05) is 24.3 Å². The fraction of sp³-hybridized carbons (Fsp3) is 0.556. The predicted molar refractivity (Wildman–Crippen MR) is 91.3 cm³/mol. The number of rotatable bonds is 14. The Morgan fingerprint density at radius 1 is 0.667 bits per heavy atom. The molecule has 0 rings (SSSR count). The lowest BCUT2D eigenvalue weighted by Crippen LogP contribution is -2.35. The van der Waals surface area contributed by atoms with E-state index in [0.29, 0.717) is 51.6 Å². The summed E-state index contributed by atoms with van der Waals surface area (Å²) in [6.07, 6.45) is 10.4. The van der Waals surface area contributed by atoms with Crippen molar-refractivity contribution in [2.75, 3.05) is 13.1 Å². The summed E-state index contributed by atoms with van der Waals surface area (Å²) in [4.78, 5) is 0. The topological polar surface area (TPSA) is 52.5 Å². The summed E-state index contributed by atoms with van der Waals surface area (Å²) in [5.74, 6) is 0. The first-order valence-electron chi connectivity index (χ1n) is 7.54. The standard InChI is InChI=1S/C18H31NO2/c1-5-9-17(20,10-6-2)13-15-19-16-14-18(21,11-7-3)12-8-4/h5-8,19-21H,1-4,9-16H2. The minimum atomic E-state index is -0.769. The second kappa shape index (κ2) is 10.6. The number of nitrogens with one attached hydrogen (secondary N) is 1. The van der Waals surface area contributed by atoms with E-state index in [4.69, 9.17) is 0 Å². The maximum absolute atomic E-state index is 10.4. The smallest absolute Gasteiger partial charge is 0.0728 e. The third kappa shape index (κ3) is 8.66. The fourth-order valence-electron chi connectivity index (χ4n) is 2.42. The van der Waals surface area contributed by atoms with Crippen molar-refractivity contribution >= 4 is 0 Å². The lowest BCUT2D eigenvalue weighted by Gasteiger charge is -2.27. The highest BCUT2D eigenvalue weighted by atomic mass is 16.3. The molecule has 0 bridgehead atoms. The molecule has 21 heavy (non-hydrogen) atoms. The molecule has 0 saturated carbocycles. The van der Waals surface area contributed by atoms with E-state index in [1.54, 1.807) is 24.3 Å². The normalized spacial score (nSPS) is 11.9. The highest BCUT2D eigenvalue weighted by Crippen LogP contribution is 2.22. The SMILES string of the molecule is C=CCC(O)(CC=C)CCNCCC(O)(CC=C)CC=C. The van der Waals surface area contributed by atoms with E-state index in [1.165, 1.54) is 0 Å². The molecular formula is C18H31NO2. The van der Waals surface area contributed by atoms with Gasteiger partial charge in [0.1, 0.15) is 0 Å². The highest BCUT2D eigenvalue weighted by Gasteiger charge is 2.24. The van der Waals surface area contributed by atoms with Crippen molar-refractivity contribution in [2.45, 2.75) is 49.7 Å². The Hall–Kier alpha value is -1.16. The van der Waals surface area contributed by atoms with E-state index in [0.717, 1.165) is 0 Å². The van der Waals surface area contributed by atoms with Crippen molar-refractivity contribution in [3.63, 3.8) is 0 Å². The van der Waals surface area contributed by atoms with Crippen LogP contribution < -0.4 is 5.32 Å². The van der Waals surface area contributed by atoms with Crippen molar-refractivity contribution in [3.8, 4) is 0 Å². The molecular weight excluding hydrogens is 262 g/mol. The van der Waals surface area contributed by atoms with Crippen LogP contribution in [0, 0.1) is 0 Å². The van der Waals surface area contributed by atoms with E-state index >= 15 is 0 Å². The second-order valence-electron chi connectivity index (χ2n) is 5.67. The first-order chi connectivity index (χ1) is 9.95. The van der Waals surface area contributed by atoms with Crippen LogP contribution >= 0.6 is 0 Å². The summed E-state index contributed by atoms with van der Waals surface area (Å²) in [5, 5.41) is 24.0. The van der Waals surface area contributed by atoms with Crippen LogP contribution in [0.25, 0.3) is 0 Å². The molecule has 3 nitrogen and oxygen atoms in total. The predicted octanol–water partition coefficient (Wildman–Crippen LogP) is 3.12. The van der Waals surface area contributed by atoms with Crippen molar-refractivity contribution in [1.29, 1.82) is 0 Å². The van der Waals surface area contributed by atoms with E-state index in [2.05, 4.69) is 31.6 Å². The van der Waals surface area contributed by atoms with Crippen LogP contribution in [0.3, 0.4) is 0 Å². The van der Waals surface area contributed by atoms with E-state index in [9.17, 15) is 10.2 Å². The van der Waals surface area contributed by atoms with Gasteiger partial charge in [-0.2, -0.15) is 0 Å². The average Bonchev–Trinajstić information content (AvgIpc) is 2.39. The molecule has 0 amide bonds. The van der Waals surface area contributed by atoms with E-state index < -0.39 is 11.2 Å². The van der Waals surface area contributed by atoms with Gasteiger partial charge in [0.15, 0.2) is 0 Å². The van der Waals surface area contributed by atoms with E-state index in [1.807, 2.05) is 0 Å². The van der Waals surface area contributed by atoms with Gasteiger partial charge in [-0.3, -0.25) is 0 Å². The van der Waals surface area contributed by atoms with Crippen molar-refractivity contribution < 1.29 is 10.2 Å². The Morgan fingerprint density at radius 2 is 0.952 bits per heavy atom. The molecule has 0 atom stereocenters. The Labute approximate surface area is 129 Å². The van der Waals surface area contributed by atoms with Crippen LogP contribution in [-0.2, 0) is 0 Å². The molecule has 0 fully saturated rings. The molecule has 0 heterocycles. The lowest BCUT2D eigenvalue weighted by molar-refractivity contribution is 0.0314. The second-order valence-corrected chi connectivity index (χ2v) is 5.67. The molecule has 3 N–H and O–H groups in total. The number of hydrogen-bond donors (Lipinski definition) is 3. The van der Waals surface area contributed by atoms with Gasteiger partial charge in [-0.05, 0) is 51.6 Å². The Kier molecular flexibility index (Phi) is 9.97. The van der Waals surface area contributed by atoms with Gasteiger partial charge in [0.25, 0.3) is 0 Å². The monoisotopic (exact) mass is 293 g/mol. The lowest BCUT2D eigenvalue weighted by atomic mass is 9.91. The summed E-state index contributed by atoms with van der Waals surface area (Å²) >= 11 is 0. The molecule has 0 spiro atoms. The zero-order valence-corrected chi connectivity index (χ0v) is 13.2. The van der Waals surface area contributed by atoms with Gasteiger partial charge in [0, 0.05) is 0 Å². The van der Waals surface area contributed by atoms with Crippen molar-refractivity contribution in [2.24, 2.45) is 0 Å². The van der Waals surface area contributed by atoms with Crippen LogP contribution in [0.5, 0.6) is 0 Å².